The van der Waals surface area contributed by atoms with Crippen LogP contribution < -0.4 is 14.9 Å². The van der Waals surface area contributed by atoms with E-state index >= 15 is 0 Å². The first-order valence-electron chi connectivity index (χ1n) is 7.75. The van der Waals surface area contributed by atoms with Crippen LogP contribution in [0.25, 0.3) is 0 Å². The fourth-order valence-corrected chi connectivity index (χ4v) is 2.13. The Morgan fingerprint density at radius 1 is 1.18 bits per heavy atom. The normalized spacial score (nSPS) is 10.7. The molecule has 0 unspecified atom stereocenters. The molecule has 0 aliphatic rings. The van der Waals surface area contributed by atoms with Crippen molar-refractivity contribution in [3.05, 3.63) is 23.8 Å². The predicted octanol–water partition coefficient (Wildman–Crippen LogP) is 3.51. The molecule has 1 N–H and O–H groups in total. The molecule has 0 atom stereocenters. The number of unbranched alkanes of at least 4 members (excludes halogenated alkanes) is 4. The lowest BCUT2D eigenvalue weighted by Crippen LogP contribution is -2.17. The summed E-state index contributed by atoms with van der Waals surface area (Å²) in [5.74, 6) is 1.17. The molecule has 122 valence electrons. The molecule has 22 heavy (non-hydrogen) atoms. The number of amides is 1. The van der Waals surface area contributed by atoms with Crippen molar-refractivity contribution in [2.75, 3.05) is 14.2 Å². The van der Waals surface area contributed by atoms with Crippen LogP contribution in [-0.4, -0.2) is 26.3 Å². The molecular weight excluding hydrogens is 280 g/mol. The second-order valence-electron chi connectivity index (χ2n) is 5.04. The van der Waals surface area contributed by atoms with Crippen molar-refractivity contribution in [1.82, 2.24) is 5.43 Å². The molecule has 1 aromatic carbocycles. The Bertz CT molecular complexity index is 487. The van der Waals surface area contributed by atoms with Crippen LogP contribution in [0.5, 0.6) is 11.5 Å². The summed E-state index contributed by atoms with van der Waals surface area (Å²) < 4.78 is 10.5. The Kier molecular flexibility index (Phi) is 8.72. The summed E-state index contributed by atoms with van der Waals surface area (Å²) in [5.41, 5.74) is 3.30. The monoisotopic (exact) mass is 306 g/mol. The van der Waals surface area contributed by atoms with E-state index in [1.54, 1.807) is 20.4 Å². The highest BCUT2D eigenvalue weighted by Gasteiger charge is 2.07. The number of carbonyl (C=O) groups excluding carboxylic acids is 1. The van der Waals surface area contributed by atoms with Gasteiger partial charge < -0.3 is 9.47 Å². The number of ether oxygens (including phenoxy) is 2. The number of nitrogens with one attached hydrogen (secondary N) is 1. The quantitative estimate of drug-likeness (QED) is 0.409. The van der Waals surface area contributed by atoms with Gasteiger partial charge in [0.1, 0.15) is 0 Å². The van der Waals surface area contributed by atoms with Crippen molar-refractivity contribution in [2.45, 2.75) is 45.4 Å². The summed E-state index contributed by atoms with van der Waals surface area (Å²) >= 11 is 0. The predicted molar refractivity (Wildman–Crippen MR) is 88.7 cm³/mol. The van der Waals surface area contributed by atoms with Gasteiger partial charge in [-0.3, -0.25) is 4.79 Å². The van der Waals surface area contributed by atoms with E-state index in [1.165, 1.54) is 19.3 Å². The van der Waals surface area contributed by atoms with Gasteiger partial charge in [-0.15, -0.1) is 0 Å². The van der Waals surface area contributed by atoms with E-state index in [0.717, 1.165) is 18.4 Å². The van der Waals surface area contributed by atoms with E-state index < -0.39 is 0 Å². The molecule has 0 fully saturated rings. The number of rotatable bonds is 10. The first-order chi connectivity index (χ1) is 10.7. The van der Waals surface area contributed by atoms with Gasteiger partial charge in [-0.25, -0.2) is 5.43 Å². The van der Waals surface area contributed by atoms with Gasteiger partial charge >= 0.3 is 0 Å². The SMILES string of the molecule is CCCCCCCC(=O)NN=Cc1cccc(OC)c1OC. The number of carbonyl (C=O) groups is 1. The zero-order chi connectivity index (χ0) is 16.2. The van der Waals surface area contributed by atoms with Gasteiger partial charge in [-0.2, -0.15) is 5.10 Å². The van der Waals surface area contributed by atoms with Crippen LogP contribution >= 0.6 is 0 Å². The van der Waals surface area contributed by atoms with E-state index in [2.05, 4.69) is 17.5 Å². The molecule has 0 aliphatic carbocycles. The maximum Gasteiger partial charge on any atom is 0.240 e. The van der Waals surface area contributed by atoms with Crippen LogP contribution in [-0.2, 0) is 4.79 Å². The molecule has 0 aromatic heterocycles. The fraction of sp³-hybridized carbons (Fsp3) is 0.529. The lowest BCUT2D eigenvalue weighted by atomic mass is 10.1. The first kappa shape index (κ1) is 18.0. The summed E-state index contributed by atoms with van der Waals surface area (Å²) in [6.45, 7) is 2.17. The second-order valence-corrected chi connectivity index (χ2v) is 5.04. The lowest BCUT2D eigenvalue weighted by Gasteiger charge is -2.09. The number of nitrogens with zero attached hydrogens (tertiary/aromatic N) is 1. The van der Waals surface area contributed by atoms with E-state index in [4.69, 9.17) is 9.47 Å². The number of hydrogen-bond acceptors (Lipinski definition) is 4. The van der Waals surface area contributed by atoms with Crippen molar-refractivity contribution in [2.24, 2.45) is 5.10 Å². The highest BCUT2D eigenvalue weighted by atomic mass is 16.5. The minimum absolute atomic E-state index is 0.0605. The van der Waals surface area contributed by atoms with E-state index in [0.29, 0.717) is 17.9 Å². The molecule has 1 aromatic rings. The van der Waals surface area contributed by atoms with Gasteiger partial charge in [0.15, 0.2) is 11.5 Å². The number of methoxy groups -OCH3 is 2. The smallest absolute Gasteiger partial charge is 0.240 e. The van der Waals surface area contributed by atoms with Crippen LogP contribution in [0.2, 0.25) is 0 Å². The Morgan fingerprint density at radius 2 is 1.95 bits per heavy atom. The highest BCUT2D eigenvalue weighted by molar-refractivity contribution is 5.86. The van der Waals surface area contributed by atoms with E-state index in [1.807, 2.05) is 18.2 Å². The molecule has 0 saturated carbocycles. The van der Waals surface area contributed by atoms with Crippen molar-refractivity contribution >= 4 is 12.1 Å². The maximum absolute atomic E-state index is 11.7. The van der Waals surface area contributed by atoms with Crippen LogP contribution in [0, 0.1) is 0 Å². The van der Waals surface area contributed by atoms with Crippen molar-refractivity contribution < 1.29 is 14.3 Å². The third-order valence-electron chi connectivity index (χ3n) is 3.33. The van der Waals surface area contributed by atoms with Crippen molar-refractivity contribution in [3.8, 4) is 11.5 Å². The molecule has 0 radical (unpaired) electrons. The third-order valence-corrected chi connectivity index (χ3v) is 3.33. The number of hydrogen-bond donors (Lipinski definition) is 1. The molecule has 0 bridgehead atoms. The Balaban J connectivity index is 2.44. The zero-order valence-corrected chi connectivity index (χ0v) is 13.7. The molecule has 5 heteroatoms. The van der Waals surface area contributed by atoms with E-state index in [-0.39, 0.29) is 5.91 Å². The maximum atomic E-state index is 11.7. The highest BCUT2D eigenvalue weighted by Crippen LogP contribution is 2.29. The average Bonchev–Trinajstić information content (AvgIpc) is 2.54. The number of para-hydroxylation sites is 1. The molecule has 1 amide bonds. The van der Waals surface area contributed by atoms with Crippen LogP contribution in [0.4, 0.5) is 0 Å². The molecule has 0 spiro atoms. The van der Waals surface area contributed by atoms with Crippen molar-refractivity contribution in [3.63, 3.8) is 0 Å². The fourth-order valence-electron chi connectivity index (χ4n) is 2.13. The van der Waals surface area contributed by atoms with Gasteiger partial charge in [-0.05, 0) is 18.6 Å². The average molecular weight is 306 g/mol. The van der Waals surface area contributed by atoms with Crippen LogP contribution in [0.3, 0.4) is 0 Å². The Morgan fingerprint density at radius 3 is 2.64 bits per heavy atom. The summed E-state index contributed by atoms with van der Waals surface area (Å²) in [6.07, 6.45) is 7.70. The largest absolute Gasteiger partial charge is 0.493 e. The van der Waals surface area contributed by atoms with Gasteiger partial charge in [0, 0.05) is 12.0 Å². The third kappa shape index (κ3) is 6.16. The van der Waals surface area contributed by atoms with Gasteiger partial charge in [0.2, 0.25) is 5.91 Å². The molecule has 0 saturated heterocycles. The summed E-state index contributed by atoms with van der Waals surface area (Å²) in [5, 5.41) is 3.98. The van der Waals surface area contributed by atoms with Crippen LogP contribution in [0.1, 0.15) is 51.0 Å². The zero-order valence-electron chi connectivity index (χ0n) is 13.7. The Labute approximate surface area is 132 Å². The number of benzene rings is 1. The molecule has 5 nitrogen and oxygen atoms in total. The summed E-state index contributed by atoms with van der Waals surface area (Å²) in [7, 11) is 3.16. The molecule has 1 rings (SSSR count). The molecular formula is C17H26N2O3. The van der Waals surface area contributed by atoms with E-state index in [9.17, 15) is 4.79 Å². The minimum Gasteiger partial charge on any atom is -0.493 e. The van der Waals surface area contributed by atoms with Crippen LogP contribution in [0.15, 0.2) is 23.3 Å². The second kappa shape index (κ2) is 10.7. The van der Waals surface area contributed by atoms with Crippen molar-refractivity contribution in [1.29, 1.82) is 0 Å². The first-order valence-corrected chi connectivity index (χ1v) is 7.75. The van der Waals surface area contributed by atoms with Gasteiger partial charge in [-0.1, -0.05) is 38.7 Å². The van der Waals surface area contributed by atoms with Gasteiger partial charge in [0.25, 0.3) is 0 Å². The lowest BCUT2D eigenvalue weighted by molar-refractivity contribution is -0.121. The van der Waals surface area contributed by atoms with Gasteiger partial charge in [0.05, 0.1) is 20.4 Å². The number of hydrazone groups is 1. The topological polar surface area (TPSA) is 59.9 Å². The summed E-state index contributed by atoms with van der Waals surface area (Å²) in [4.78, 5) is 11.7. The standard InChI is InChI=1S/C17H26N2O3/c1-4-5-6-7-8-12-16(20)19-18-13-14-10-9-11-15(21-2)17(14)22-3/h9-11,13H,4-8,12H2,1-3H3,(H,19,20). The molecule has 0 aliphatic heterocycles. The Hall–Kier alpha value is -2.04. The summed E-state index contributed by atoms with van der Waals surface area (Å²) in [6, 6.07) is 5.51. The minimum atomic E-state index is -0.0605. The molecule has 0 heterocycles.